The quantitative estimate of drug-likeness (QED) is 0.471. The Balaban J connectivity index is 2.21. The van der Waals surface area contributed by atoms with Crippen molar-refractivity contribution in [3.63, 3.8) is 0 Å². The predicted octanol–water partition coefficient (Wildman–Crippen LogP) is 1.17. The summed E-state index contributed by atoms with van der Waals surface area (Å²) in [5, 5.41) is 8.38. The van der Waals surface area contributed by atoms with E-state index < -0.39 is 18.0 Å². The van der Waals surface area contributed by atoms with Gasteiger partial charge in [-0.1, -0.05) is 0 Å². The molecule has 1 aromatic carbocycles. The molecule has 86 valence electrons. The molecule has 0 radical (unpaired) electrons. The molecule has 0 saturated carbocycles. The smallest absolute Gasteiger partial charge is 0.449 e. The molecule has 6 nitrogen and oxygen atoms in total. The van der Waals surface area contributed by atoms with E-state index in [1.807, 2.05) is 0 Å². The Morgan fingerprint density at radius 3 is 2.06 bits per heavy atom. The Hall–Kier alpha value is -2.63. The zero-order valence-corrected chi connectivity index (χ0v) is 8.49. The highest BCUT2D eigenvalue weighted by molar-refractivity contribution is 6.28. The number of carboxylic acid groups (broad SMARTS) is 1. The van der Waals surface area contributed by atoms with E-state index >= 15 is 0 Å². The number of hydrogen-bond acceptors (Lipinski definition) is 4. The summed E-state index contributed by atoms with van der Waals surface area (Å²) < 4.78 is 4.40. The Morgan fingerprint density at radius 2 is 1.59 bits per heavy atom. The van der Waals surface area contributed by atoms with Crippen molar-refractivity contribution in [1.29, 1.82) is 0 Å². The third-order valence-electron chi connectivity index (χ3n) is 2.11. The Morgan fingerprint density at radius 1 is 1.06 bits per heavy atom. The van der Waals surface area contributed by atoms with E-state index in [0.29, 0.717) is 5.69 Å². The van der Waals surface area contributed by atoms with Gasteiger partial charge >= 0.3 is 6.16 Å². The number of carbonyl (C=O) groups excluding carboxylic acids is 2. The molecule has 0 saturated heterocycles. The normalized spacial score (nSPS) is 14.2. The molecule has 1 heterocycles. The van der Waals surface area contributed by atoms with Crippen LogP contribution in [0.1, 0.15) is 0 Å². The molecule has 0 spiro atoms. The van der Waals surface area contributed by atoms with Gasteiger partial charge in [-0.3, -0.25) is 9.59 Å². The third kappa shape index (κ3) is 2.15. The van der Waals surface area contributed by atoms with Crippen LogP contribution in [0.5, 0.6) is 5.75 Å². The number of amides is 2. The van der Waals surface area contributed by atoms with Gasteiger partial charge in [0.1, 0.15) is 5.75 Å². The summed E-state index contributed by atoms with van der Waals surface area (Å²) in [6.45, 7) is 0. The highest BCUT2D eigenvalue weighted by Gasteiger charge is 2.24. The van der Waals surface area contributed by atoms with E-state index in [1.54, 1.807) is 0 Å². The maximum Gasteiger partial charge on any atom is 0.511 e. The Kier molecular flexibility index (Phi) is 2.61. The van der Waals surface area contributed by atoms with Crippen LogP contribution in [0.4, 0.5) is 10.5 Å². The lowest BCUT2D eigenvalue weighted by molar-refractivity contribution is -0.119. The van der Waals surface area contributed by atoms with E-state index in [9.17, 15) is 14.4 Å². The summed E-state index contributed by atoms with van der Waals surface area (Å²) >= 11 is 0. The summed E-state index contributed by atoms with van der Waals surface area (Å²) in [5.41, 5.74) is 0.364. The lowest BCUT2D eigenvalue weighted by Gasteiger charge is -2.13. The molecule has 2 amide bonds. The van der Waals surface area contributed by atoms with Crippen molar-refractivity contribution in [3.05, 3.63) is 36.4 Å². The average Bonchev–Trinajstić information content (AvgIpc) is 2.59. The number of benzene rings is 1. The minimum absolute atomic E-state index is 0.119. The first-order chi connectivity index (χ1) is 8.08. The molecular weight excluding hydrogens is 226 g/mol. The van der Waals surface area contributed by atoms with E-state index in [-0.39, 0.29) is 5.75 Å². The Labute approximate surface area is 95.7 Å². The number of hydrogen-bond donors (Lipinski definition) is 1. The summed E-state index contributed by atoms with van der Waals surface area (Å²) in [4.78, 5) is 33.9. The molecule has 0 aromatic heterocycles. The van der Waals surface area contributed by atoms with Crippen LogP contribution in [0.2, 0.25) is 0 Å². The predicted molar refractivity (Wildman–Crippen MR) is 56.7 cm³/mol. The van der Waals surface area contributed by atoms with Crippen molar-refractivity contribution < 1.29 is 24.2 Å². The van der Waals surface area contributed by atoms with E-state index in [4.69, 9.17) is 5.11 Å². The number of nitrogens with zero attached hydrogens (tertiary/aromatic N) is 1. The molecule has 2 rings (SSSR count). The minimum atomic E-state index is -1.42. The molecule has 1 N–H and O–H groups in total. The van der Waals surface area contributed by atoms with Crippen LogP contribution in [-0.2, 0) is 9.59 Å². The number of ether oxygens (including phenoxy) is 1. The largest absolute Gasteiger partial charge is 0.511 e. The standard InChI is InChI=1S/C11H7NO5/c13-9-5-6-10(14)12(9)7-1-3-8(4-2-7)17-11(15)16/h1-6H,(H,15,16). The maximum absolute atomic E-state index is 11.3. The molecule has 6 heteroatoms. The number of rotatable bonds is 2. The molecule has 0 fully saturated rings. The van der Waals surface area contributed by atoms with Gasteiger partial charge in [0, 0.05) is 12.2 Å². The van der Waals surface area contributed by atoms with Gasteiger partial charge in [0.05, 0.1) is 5.69 Å². The van der Waals surface area contributed by atoms with Crippen molar-refractivity contribution in [2.24, 2.45) is 0 Å². The highest BCUT2D eigenvalue weighted by atomic mass is 16.7. The first-order valence-corrected chi connectivity index (χ1v) is 4.65. The van der Waals surface area contributed by atoms with Crippen molar-refractivity contribution in [2.45, 2.75) is 0 Å². The maximum atomic E-state index is 11.3. The van der Waals surface area contributed by atoms with Gasteiger partial charge in [-0.05, 0) is 24.3 Å². The molecule has 1 aliphatic heterocycles. The average molecular weight is 233 g/mol. The van der Waals surface area contributed by atoms with Crippen molar-refractivity contribution in [2.75, 3.05) is 4.90 Å². The minimum Gasteiger partial charge on any atom is -0.449 e. The summed E-state index contributed by atoms with van der Waals surface area (Å²) in [6.07, 6.45) is 0.918. The first-order valence-electron chi connectivity index (χ1n) is 4.65. The van der Waals surface area contributed by atoms with Crippen molar-refractivity contribution >= 4 is 23.7 Å². The molecule has 0 atom stereocenters. The van der Waals surface area contributed by atoms with Crippen LogP contribution in [0.25, 0.3) is 0 Å². The number of carbonyl (C=O) groups is 3. The van der Waals surface area contributed by atoms with Crippen LogP contribution in [-0.4, -0.2) is 23.1 Å². The van der Waals surface area contributed by atoms with Gasteiger partial charge < -0.3 is 9.84 Å². The van der Waals surface area contributed by atoms with Crippen LogP contribution >= 0.6 is 0 Å². The van der Waals surface area contributed by atoms with E-state index in [2.05, 4.69) is 4.74 Å². The van der Waals surface area contributed by atoms with Crippen LogP contribution in [0.3, 0.4) is 0 Å². The first kappa shape index (κ1) is 10.9. The monoisotopic (exact) mass is 233 g/mol. The van der Waals surface area contributed by atoms with Gasteiger partial charge in [0.15, 0.2) is 0 Å². The van der Waals surface area contributed by atoms with E-state index in [1.165, 1.54) is 36.4 Å². The molecule has 0 aliphatic carbocycles. The third-order valence-corrected chi connectivity index (χ3v) is 2.11. The van der Waals surface area contributed by atoms with Gasteiger partial charge in [-0.15, -0.1) is 0 Å². The number of imide groups is 1. The SMILES string of the molecule is O=C(O)Oc1ccc(N2C(=O)C=CC2=O)cc1. The van der Waals surface area contributed by atoms with Gasteiger partial charge in [-0.25, -0.2) is 9.69 Å². The van der Waals surface area contributed by atoms with Gasteiger partial charge in [0.25, 0.3) is 11.8 Å². The lowest BCUT2D eigenvalue weighted by atomic mass is 10.3. The fourth-order valence-electron chi connectivity index (χ4n) is 1.42. The zero-order chi connectivity index (χ0) is 12.4. The summed E-state index contributed by atoms with van der Waals surface area (Å²) in [7, 11) is 0. The molecule has 0 unspecified atom stereocenters. The molecule has 1 aliphatic rings. The fraction of sp³-hybridized carbons (Fsp3) is 0. The van der Waals surface area contributed by atoms with Crippen molar-refractivity contribution in [3.8, 4) is 5.75 Å². The topological polar surface area (TPSA) is 83.9 Å². The second-order valence-corrected chi connectivity index (χ2v) is 3.21. The van der Waals surface area contributed by atoms with Gasteiger partial charge in [0.2, 0.25) is 0 Å². The van der Waals surface area contributed by atoms with E-state index in [0.717, 1.165) is 4.90 Å². The van der Waals surface area contributed by atoms with Crippen LogP contribution < -0.4 is 9.64 Å². The van der Waals surface area contributed by atoms with Crippen molar-refractivity contribution in [1.82, 2.24) is 0 Å². The Bertz CT molecular complexity index is 499. The second-order valence-electron chi connectivity index (χ2n) is 3.21. The summed E-state index contributed by atoms with van der Waals surface area (Å²) in [6, 6.07) is 5.59. The molecular formula is C11H7NO5. The van der Waals surface area contributed by atoms with Gasteiger partial charge in [-0.2, -0.15) is 0 Å². The van der Waals surface area contributed by atoms with Crippen LogP contribution in [0, 0.1) is 0 Å². The summed E-state index contributed by atoms with van der Waals surface area (Å²) in [5.74, 6) is -0.739. The number of anilines is 1. The molecule has 1 aromatic rings. The molecule has 0 bridgehead atoms. The fourth-order valence-corrected chi connectivity index (χ4v) is 1.42. The lowest BCUT2D eigenvalue weighted by Crippen LogP contribution is -2.29. The second kappa shape index (κ2) is 4.09. The molecule has 17 heavy (non-hydrogen) atoms. The highest BCUT2D eigenvalue weighted by Crippen LogP contribution is 2.22. The zero-order valence-electron chi connectivity index (χ0n) is 8.49. The van der Waals surface area contributed by atoms with Crippen LogP contribution in [0.15, 0.2) is 36.4 Å².